The number of amides is 5. The highest BCUT2D eigenvalue weighted by molar-refractivity contribution is 7.90. The van der Waals surface area contributed by atoms with Gasteiger partial charge in [-0.1, -0.05) is 62.2 Å². The van der Waals surface area contributed by atoms with Gasteiger partial charge < -0.3 is 25.0 Å². The van der Waals surface area contributed by atoms with Crippen molar-refractivity contribution in [2.75, 3.05) is 6.54 Å². The number of halogens is 1. The summed E-state index contributed by atoms with van der Waals surface area (Å²) in [5, 5.41) is 5.50. The number of ether oxygens (including phenoxy) is 2. The van der Waals surface area contributed by atoms with Gasteiger partial charge in [-0.05, 0) is 76.1 Å². The van der Waals surface area contributed by atoms with Crippen LogP contribution >= 0.6 is 0 Å². The molecule has 0 radical (unpaired) electrons. The normalized spacial score (nSPS) is 26.0. The Morgan fingerprint density at radius 1 is 1.05 bits per heavy atom. The van der Waals surface area contributed by atoms with E-state index in [0.717, 1.165) is 6.42 Å². The Bertz CT molecular complexity index is 2020. The molecule has 2 aromatic rings. The second kappa shape index (κ2) is 16.2. The third-order valence-corrected chi connectivity index (χ3v) is 12.7. The van der Waals surface area contributed by atoms with Crippen LogP contribution in [0, 0.1) is 18.7 Å². The lowest BCUT2D eigenvalue weighted by molar-refractivity contribution is -0.141. The zero-order valence-electron chi connectivity index (χ0n) is 32.1. The Kier molecular flexibility index (Phi) is 11.8. The molecule has 14 nitrogen and oxygen atoms in total. The van der Waals surface area contributed by atoms with E-state index in [1.54, 1.807) is 57.2 Å². The molecule has 0 spiro atoms. The standard InChI is InChI=1S/C40H50FN5O9S/c1-5-39(3,4)55-37(50)42-31-18-10-8-6-7-9-16-27-21-40(27,36(49)44-56(52,53)33-19-12-11-14-25(33)2)43-34(47)32-20-28(23-46(32)35(31)48)54-38(51)45-22-26-15-13-17-30(41)29(26)24-45/h9,11-17,19,27-28,31-32H,5-8,10,18,20-24H2,1-4H3,(H,42,50)(H,43,47)(H,44,49)/b16-9-/t27-,28-,31+,32+,40-/m1/s1. The molecule has 6 rings (SSSR count). The summed E-state index contributed by atoms with van der Waals surface area (Å²) in [6, 6.07) is 8.44. The zero-order valence-corrected chi connectivity index (χ0v) is 33.0. The maximum absolute atomic E-state index is 14.5. The Labute approximate surface area is 326 Å². The van der Waals surface area contributed by atoms with Crippen LogP contribution in [0.25, 0.3) is 0 Å². The van der Waals surface area contributed by atoms with Crippen LogP contribution in [0.5, 0.6) is 0 Å². The van der Waals surface area contributed by atoms with Gasteiger partial charge in [-0.25, -0.2) is 27.1 Å². The van der Waals surface area contributed by atoms with Crippen molar-refractivity contribution >= 4 is 39.9 Å². The third-order valence-electron chi connectivity index (χ3n) is 11.2. The van der Waals surface area contributed by atoms with Gasteiger partial charge in [0.05, 0.1) is 18.0 Å². The van der Waals surface area contributed by atoms with Gasteiger partial charge in [0, 0.05) is 24.4 Å². The van der Waals surface area contributed by atoms with E-state index in [0.29, 0.717) is 42.4 Å². The summed E-state index contributed by atoms with van der Waals surface area (Å²) in [5.41, 5.74) is -1.01. The van der Waals surface area contributed by atoms with E-state index in [-0.39, 0.29) is 43.8 Å². The number of carbonyl (C=O) groups excluding carboxylic acids is 5. The molecule has 2 aromatic carbocycles. The van der Waals surface area contributed by atoms with E-state index < -0.39 is 81.0 Å². The van der Waals surface area contributed by atoms with E-state index in [2.05, 4.69) is 15.4 Å². The summed E-state index contributed by atoms with van der Waals surface area (Å²) >= 11 is 0. The first-order valence-corrected chi connectivity index (χ1v) is 20.7. The van der Waals surface area contributed by atoms with Crippen LogP contribution in [0.15, 0.2) is 59.5 Å². The fraction of sp³-hybridized carbons (Fsp3) is 0.525. The molecule has 302 valence electrons. The minimum absolute atomic E-state index is 0.0136. The SMILES string of the molecule is CCC(C)(C)OC(=O)N[C@H]1CCCCC/C=C\[C@@H]2C[C@@]2(C(=O)NS(=O)(=O)c2ccccc2C)NC(=O)[C@@H]2C[C@@H](OC(=O)N3Cc4cccc(F)c4C3)CN2C1=O. The van der Waals surface area contributed by atoms with Gasteiger partial charge in [0.25, 0.3) is 15.9 Å². The summed E-state index contributed by atoms with van der Waals surface area (Å²) in [5.74, 6) is -3.26. The molecule has 3 aliphatic heterocycles. The summed E-state index contributed by atoms with van der Waals surface area (Å²) in [6.07, 6.45) is 4.50. The second-order valence-electron chi connectivity index (χ2n) is 15.7. The van der Waals surface area contributed by atoms with Crippen molar-refractivity contribution in [3.63, 3.8) is 0 Å². The molecule has 0 bridgehead atoms. The van der Waals surface area contributed by atoms with Crippen molar-refractivity contribution < 1.29 is 46.3 Å². The zero-order chi connectivity index (χ0) is 40.4. The number of allylic oxidation sites excluding steroid dienone is 1. The molecule has 1 saturated heterocycles. The predicted octanol–water partition coefficient (Wildman–Crippen LogP) is 4.74. The average molecular weight is 796 g/mol. The van der Waals surface area contributed by atoms with Gasteiger partial charge in [-0.2, -0.15) is 0 Å². The van der Waals surface area contributed by atoms with E-state index in [9.17, 15) is 36.8 Å². The summed E-state index contributed by atoms with van der Waals surface area (Å²) < 4.78 is 54.9. The molecule has 4 aliphatic rings. The van der Waals surface area contributed by atoms with Gasteiger partial charge in [-0.15, -0.1) is 0 Å². The first-order valence-electron chi connectivity index (χ1n) is 19.2. The number of hydrogen-bond acceptors (Lipinski definition) is 9. The summed E-state index contributed by atoms with van der Waals surface area (Å²) in [6.45, 7) is 6.85. The minimum atomic E-state index is -4.32. The topological polar surface area (TPSA) is 181 Å². The number of hydrogen-bond donors (Lipinski definition) is 3. The molecule has 3 heterocycles. The van der Waals surface area contributed by atoms with E-state index in [1.165, 1.54) is 21.9 Å². The lowest BCUT2D eigenvalue weighted by Gasteiger charge is -2.30. The van der Waals surface area contributed by atoms with Gasteiger partial charge in [-0.3, -0.25) is 19.3 Å². The molecular formula is C40H50FN5O9S. The van der Waals surface area contributed by atoms with Crippen molar-refractivity contribution in [2.24, 2.45) is 5.92 Å². The average Bonchev–Trinajstić information content (AvgIpc) is 3.43. The highest BCUT2D eigenvalue weighted by atomic mass is 32.2. The number of nitrogens with zero attached hydrogens (tertiary/aromatic N) is 2. The summed E-state index contributed by atoms with van der Waals surface area (Å²) in [7, 11) is -4.32. The van der Waals surface area contributed by atoms with Crippen LogP contribution in [-0.4, -0.2) is 84.0 Å². The van der Waals surface area contributed by atoms with Gasteiger partial charge >= 0.3 is 12.2 Å². The first-order chi connectivity index (χ1) is 26.5. The molecule has 3 N–H and O–H groups in total. The molecule has 2 fully saturated rings. The molecule has 0 unspecified atom stereocenters. The molecule has 1 aliphatic carbocycles. The third kappa shape index (κ3) is 8.85. The van der Waals surface area contributed by atoms with Crippen molar-refractivity contribution in [3.05, 3.63) is 77.1 Å². The highest BCUT2D eigenvalue weighted by Crippen LogP contribution is 2.46. The highest BCUT2D eigenvalue weighted by Gasteiger charge is 2.62. The van der Waals surface area contributed by atoms with Crippen molar-refractivity contribution in [1.29, 1.82) is 0 Å². The number of aryl methyl sites for hydroxylation is 1. The number of nitrogens with one attached hydrogen (secondary N) is 3. The van der Waals surface area contributed by atoms with Gasteiger partial charge in [0.2, 0.25) is 11.8 Å². The number of sulfonamides is 1. The molecular weight excluding hydrogens is 746 g/mol. The maximum Gasteiger partial charge on any atom is 0.410 e. The van der Waals surface area contributed by atoms with Crippen LogP contribution in [0.1, 0.15) is 88.8 Å². The fourth-order valence-electron chi connectivity index (χ4n) is 7.51. The monoisotopic (exact) mass is 795 g/mol. The van der Waals surface area contributed by atoms with Gasteiger partial charge in [0.1, 0.15) is 35.1 Å². The smallest absolute Gasteiger partial charge is 0.410 e. The van der Waals surface area contributed by atoms with Crippen molar-refractivity contribution in [3.8, 4) is 0 Å². The van der Waals surface area contributed by atoms with Crippen LogP contribution in [0.2, 0.25) is 0 Å². The number of fused-ring (bicyclic) bond motifs is 3. The predicted molar refractivity (Wildman–Crippen MR) is 202 cm³/mol. The number of alkyl carbamates (subject to hydrolysis) is 1. The molecule has 5 atom stereocenters. The lowest BCUT2D eigenvalue weighted by atomic mass is 10.0. The Balaban J connectivity index is 1.27. The Morgan fingerprint density at radius 2 is 1.82 bits per heavy atom. The second-order valence-corrected chi connectivity index (χ2v) is 17.4. The van der Waals surface area contributed by atoms with Crippen LogP contribution < -0.4 is 15.4 Å². The quantitative estimate of drug-likeness (QED) is 0.334. The maximum atomic E-state index is 14.5. The Morgan fingerprint density at radius 3 is 2.55 bits per heavy atom. The Hall–Kier alpha value is -4.99. The molecule has 16 heteroatoms. The largest absolute Gasteiger partial charge is 0.444 e. The molecule has 56 heavy (non-hydrogen) atoms. The minimum Gasteiger partial charge on any atom is -0.444 e. The fourth-order valence-corrected chi connectivity index (χ4v) is 8.80. The number of carbonyl (C=O) groups is 5. The van der Waals surface area contributed by atoms with Crippen LogP contribution in [0.3, 0.4) is 0 Å². The van der Waals surface area contributed by atoms with Crippen LogP contribution in [-0.2, 0) is 47.0 Å². The lowest BCUT2D eigenvalue weighted by Crippen LogP contribution is -2.58. The molecule has 5 amide bonds. The molecule has 0 aromatic heterocycles. The first kappa shape index (κ1) is 40.7. The van der Waals surface area contributed by atoms with Crippen molar-refractivity contribution in [1.82, 2.24) is 25.2 Å². The van der Waals surface area contributed by atoms with Crippen LogP contribution in [0.4, 0.5) is 14.0 Å². The van der Waals surface area contributed by atoms with E-state index in [1.807, 2.05) is 13.0 Å². The van der Waals surface area contributed by atoms with E-state index >= 15 is 0 Å². The van der Waals surface area contributed by atoms with Crippen molar-refractivity contribution in [2.45, 2.75) is 126 Å². The number of rotatable bonds is 7. The molecule has 1 saturated carbocycles. The van der Waals surface area contributed by atoms with Gasteiger partial charge in [0.15, 0.2) is 0 Å². The summed E-state index contributed by atoms with van der Waals surface area (Å²) in [4.78, 5) is 71.8. The van der Waals surface area contributed by atoms with E-state index in [4.69, 9.17) is 9.47 Å². The number of benzene rings is 2.